The van der Waals surface area contributed by atoms with Gasteiger partial charge in [-0.25, -0.2) is 9.36 Å². The van der Waals surface area contributed by atoms with Crippen molar-refractivity contribution in [3.05, 3.63) is 0 Å². The number of carbonyl (C=O) groups excluding carboxylic acids is 1. The van der Waals surface area contributed by atoms with Gasteiger partial charge in [0.2, 0.25) is 0 Å². The summed E-state index contributed by atoms with van der Waals surface area (Å²) >= 11 is 0. The number of nitrogens with two attached hydrogens (primary N) is 1. The zero-order valence-corrected chi connectivity index (χ0v) is 10.1. The molecule has 16 heavy (non-hydrogen) atoms. The van der Waals surface area contributed by atoms with Crippen molar-refractivity contribution in [2.45, 2.75) is 32.2 Å². The molecule has 0 radical (unpaired) electrons. The molecule has 8 heteroatoms. The van der Waals surface area contributed by atoms with E-state index in [1.165, 1.54) is 0 Å². The molecule has 0 amide bonds. The predicted octanol–water partition coefficient (Wildman–Crippen LogP) is 0.156. The molecule has 0 aliphatic carbocycles. The molecule has 0 rings (SSSR count). The second kappa shape index (κ2) is 7.76. The van der Waals surface area contributed by atoms with Gasteiger partial charge in [0.25, 0.3) is 0 Å². The fourth-order valence-corrected chi connectivity index (χ4v) is 1.29. The number of carbonyl (C=O) groups is 1. The summed E-state index contributed by atoms with van der Waals surface area (Å²) in [5.41, 5.74) is 5.30. The molecule has 0 aromatic carbocycles. The molecule has 0 unspecified atom stereocenters. The van der Waals surface area contributed by atoms with Gasteiger partial charge in [-0.2, -0.15) is 0 Å². The van der Waals surface area contributed by atoms with E-state index in [1.54, 1.807) is 0 Å². The number of unbranched alkanes of at least 4 members (excludes halogenated alkanes) is 2. The lowest BCUT2D eigenvalue weighted by atomic mass is 10.3. The smallest absolute Gasteiger partial charge is 0.379 e. The van der Waals surface area contributed by atoms with Crippen LogP contribution in [0.2, 0.25) is 0 Å². The van der Waals surface area contributed by atoms with Crippen molar-refractivity contribution < 1.29 is 28.4 Å². The van der Waals surface area contributed by atoms with Crippen LogP contribution in [-0.2, 0) is 18.6 Å². The van der Waals surface area contributed by atoms with Gasteiger partial charge in [-0.15, -0.1) is 0 Å². The van der Waals surface area contributed by atoms with Crippen molar-refractivity contribution in [3.8, 4) is 0 Å². The fourth-order valence-electron chi connectivity index (χ4n) is 0.917. The minimum Gasteiger partial charge on any atom is -0.379 e. The molecule has 0 spiro atoms. The Kier molecular flexibility index (Phi) is 7.53. The Morgan fingerprint density at radius 1 is 1.44 bits per heavy atom. The summed E-state index contributed by atoms with van der Waals surface area (Å²) in [4.78, 5) is 27.7. The van der Waals surface area contributed by atoms with Crippen molar-refractivity contribution >= 4 is 13.8 Å². The molecule has 0 aliphatic rings. The van der Waals surface area contributed by atoms with Crippen LogP contribution < -0.4 is 5.73 Å². The van der Waals surface area contributed by atoms with Gasteiger partial charge in [0.05, 0.1) is 6.61 Å². The van der Waals surface area contributed by atoms with Gasteiger partial charge in [-0.1, -0.05) is 19.8 Å². The van der Waals surface area contributed by atoms with E-state index in [4.69, 9.17) is 20.3 Å². The van der Waals surface area contributed by atoms with Gasteiger partial charge in [0.15, 0.2) is 0 Å². The molecule has 96 valence electrons. The third-order valence-electron chi connectivity index (χ3n) is 1.70. The maximum atomic E-state index is 11.0. The van der Waals surface area contributed by atoms with Crippen LogP contribution in [0.4, 0.5) is 0 Å². The highest BCUT2D eigenvalue weighted by molar-refractivity contribution is 7.46. The lowest BCUT2D eigenvalue weighted by molar-refractivity contribution is -0.138. The number of phosphoric acid groups is 1. The van der Waals surface area contributed by atoms with E-state index in [9.17, 15) is 9.36 Å². The van der Waals surface area contributed by atoms with E-state index in [-0.39, 0.29) is 6.61 Å². The van der Waals surface area contributed by atoms with E-state index in [1.807, 2.05) is 6.92 Å². The Labute approximate surface area is 94.2 Å². The molecule has 7 nitrogen and oxygen atoms in total. The quantitative estimate of drug-likeness (QED) is 0.417. The van der Waals surface area contributed by atoms with E-state index in [2.05, 4.69) is 4.52 Å². The van der Waals surface area contributed by atoms with Crippen LogP contribution in [0.15, 0.2) is 0 Å². The summed E-state index contributed by atoms with van der Waals surface area (Å²) in [6.45, 7) is 2.40. The van der Waals surface area contributed by atoms with Crippen LogP contribution in [0.25, 0.3) is 0 Å². The molecule has 4 N–H and O–H groups in total. The van der Waals surface area contributed by atoms with Crippen molar-refractivity contribution in [2.24, 2.45) is 5.73 Å². The number of hydrogen-bond donors (Lipinski definition) is 3. The first-order valence-corrected chi connectivity index (χ1v) is 6.52. The maximum absolute atomic E-state index is 11.0. The summed E-state index contributed by atoms with van der Waals surface area (Å²) in [5.74, 6) is -1.16. The zero-order chi connectivity index (χ0) is 12.6. The Morgan fingerprint density at radius 2 is 2.06 bits per heavy atom. The summed E-state index contributed by atoms with van der Waals surface area (Å²) < 4.78 is 19.2. The predicted molar refractivity (Wildman–Crippen MR) is 56.5 cm³/mol. The number of hydrogen-bond acceptors (Lipinski definition) is 5. The minimum atomic E-state index is -4.81. The largest absolute Gasteiger partial charge is 0.527 e. The van der Waals surface area contributed by atoms with Crippen molar-refractivity contribution in [1.82, 2.24) is 0 Å². The van der Waals surface area contributed by atoms with Gasteiger partial charge >= 0.3 is 13.8 Å². The second-order valence-electron chi connectivity index (χ2n) is 3.29. The van der Waals surface area contributed by atoms with E-state index in [0.29, 0.717) is 6.61 Å². The molecule has 0 aromatic heterocycles. The first kappa shape index (κ1) is 15.5. The third kappa shape index (κ3) is 8.82. The van der Waals surface area contributed by atoms with Gasteiger partial charge in [-0.3, -0.25) is 9.79 Å². The SMILES string of the molecule is CCCCCOC[C@H](N)C(=O)OP(=O)(O)O. The summed E-state index contributed by atoms with van der Waals surface area (Å²) in [7, 11) is -4.81. The van der Waals surface area contributed by atoms with Gasteiger partial charge < -0.3 is 15.0 Å². The Morgan fingerprint density at radius 3 is 2.56 bits per heavy atom. The van der Waals surface area contributed by atoms with Gasteiger partial charge in [0.1, 0.15) is 6.04 Å². The van der Waals surface area contributed by atoms with Gasteiger partial charge in [0, 0.05) is 6.61 Å². The zero-order valence-electron chi connectivity index (χ0n) is 9.16. The third-order valence-corrected chi connectivity index (χ3v) is 2.12. The van der Waals surface area contributed by atoms with Crippen LogP contribution in [-0.4, -0.2) is 35.0 Å². The van der Waals surface area contributed by atoms with Gasteiger partial charge in [-0.05, 0) is 6.42 Å². The monoisotopic (exact) mass is 255 g/mol. The van der Waals surface area contributed by atoms with Crippen LogP contribution in [0.5, 0.6) is 0 Å². The number of rotatable bonds is 8. The minimum absolute atomic E-state index is 0.109. The molecule has 0 bridgehead atoms. The Balaban J connectivity index is 3.68. The molecule has 0 heterocycles. The molecule has 0 saturated heterocycles. The summed E-state index contributed by atoms with van der Waals surface area (Å²) in [6, 6.07) is -1.17. The number of ether oxygens (including phenoxy) is 1. The van der Waals surface area contributed by atoms with Crippen molar-refractivity contribution in [1.29, 1.82) is 0 Å². The highest BCUT2D eigenvalue weighted by Gasteiger charge is 2.25. The number of phosphoric ester groups is 1. The van der Waals surface area contributed by atoms with Crippen LogP contribution in [0.3, 0.4) is 0 Å². The topological polar surface area (TPSA) is 119 Å². The van der Waals surface area contributed by atoms with Crippen LogP contribution in [0.1, 0.15) is 26.2 Å². The van der Waals surface area contributed by atoms with E-state index in [0.717, 1.165) is 19.3 Å². The standard InChI is InChI=1S/C8H18NO6P/c1-2-3-4-5-14-6-7(9)8(10)15-16(11,12)13/h7H,2-6,9H2,1H3,(H2,11,12,13)/t7-/m0/s1. The van der Waals surface area contributed by atoms with Crippen LogP contribution in [0, 0.1) is 0 Å². The molecule has 0 aromatic rings. The Bertz CT molecular complexity index is 253. The molecular weight excluding hydrogens is 237 g/mol. The van der Waals surface area contributed by atoms with Crippen molar-refractivity contribution in [3.63, 3.8) is 0 Å². The first-order valence-electron chi connectivity index (χ1n) is 4.99. The first-order chi connectivity index (χ1) is 7.37. The normalized spacial score (nSPS) is 13.5. The highest BCUT2D eigenvalue weighted by atomic mass is 31.2. The van der Waals surface area contributed by atoms with Crippen molar-refractivity contribution in [2.75, 3.05) is 13.2 Å². The van der Waals surface area contributed by atoms with E-state index < -0.39 is 19.8 Å². The lowest BCUT2D eigenvalue weighted by Gasteiger charge is -2.11. The molecule has 0 saturated carbocycles. The summed E-state index contributed by atoms with van der Waals surface area (Å²) in [5, 5.41) is 0. The Hall–Kier alpha value is -0.460. The highest BCUT2D eigenvalue weighted by Crippen LogP contribution is 2.35. The average molecular weight is 255 g/mol. The molecular formula is C8H18NO6P. The lowest BCUT2D eigenvalue weighted by Crippen LogP contribution is -2.36. The second-order valence-corrected chi connectivity index (χ2v) is 4.45. The summed E-state index contributed by atoms with van der Waals surface area (Å²) in [6.07, 6.45) is 2.93. The van der Waals surface area contributed by atoms with Crippen LogP contribution >= 0.6 is 7.82 Å². The van der Waals surface area contributed by atoms with E-state index >= 15 is 0 Å². The maximum Gasteiger partial charge on any atom is 0.527 e. The average Bonchev–Trinajstić information content (AvgIpc) is 2.14. The molecule has 1 atom stereocenters. The molecule has 0 aliphatic heterocycles. The fraction of sp³-hybridized carbons (Fsp3) is 0.875. The molecule has 0 fully saturated rings.